The fraction of sp³-hybridized carbons (Fsp3) is 0.438. The van der Waals surface area contributed by atoms with Crippen molar-refractivity contribution < 1.29 is 0 Å². The SMILES string of the molecule is CCCNC1c2ccccc2CC1Sc1nccn1C. The molecule has 2 aromatic rings. The van der Waals surface area contributed by atoms with E-state index in [0.717, 1.165) is 18.1 Å². The van der Waals surface area contributed by atoms with E-state index < -0.39 is 0 Å². The van der Waals surface area contributed by atoms with E-state index in [1.54, 1.807) is 0 Å². The molecule has 0 amide bonds. The van der Waals surface area contributed by atoms with Gasteiger partial charge in [0, 0.05) is 30.7 Å². The van der Waals surface area contributed by atoms with E-state index in [1.165, 1.54) is 17.5 Å². The maximum absolute atomic E-state index is 4.45. The Morgan fingerprint density at radius 2 is 2.25 bits per heavy atom. The van der Waals surface area contributed by atoms with Gasteiger partial charge in [-0.15, -0.1) is 0 Å². The lowest BCUT2D eigenvalue weighted by Crippen LogP contribution is -2.28. The number of fused-ring (bicyclic) bond motifs is 1. The topological polar surface area (TPSA) is 29.9 Å². The van der Waals surface area contributed by atoms with Crippen LogP contribution in [-0.2, 0) is 13.5 Å². The number of aromatic nitrogens is 2. The quantitative estimate of drug-likeness (QED) is 0.916. The fourth-order valence-electron chi connectivity index (χ4n) is 2.81. The van der Waals surface area contributed by atoms with Crippen molar-refractivity contribution in [3.63, 3.8) is 0 Å². The van der Waals surface area contributed by atoms with Crippen molar-refractivity contribution in [2.45, 2.75) is 36.2 Å². The average Bonchev–Trinajstić information content (AvgIpc) is 3.01. The van der Waals surface area contributed by atoms with E-state index in [1.807, 2.05) is 24.2 Å². The normalized spacial score (nSPS) is 21.1. The minimum atomic E-state index is 0.438. The van der Waals surface area contributed by atoms with Crippen molar-refractivity contribution in [2.75, 3.05) is 6.54 Å². The molecule has 4 heteroatoms. The molecule has 0 spiro atoms. The Morgan fingerprint density at radius 3 is 3.00 bits per heavy atom. The first-order valence-electron chi connectivity index (χ1n) is 7.24. The van der Waals surface area contributed by atoms with Crippen molar-refractivity contribution in [1.82, 2.24) is 14.9 Å². The molecule has 0 bridgehead atoms. The molecule has 1 aromatic heterocycles. The van der Waals surface area contributed by atoms with E-state index in [9.17, 15) is 0 Å². The van der Waals surface area contributed by atoms with Crippen molar-refractivity contribution in [2.24, 2.45) is 7.05 Å². The highest BCUT2D eigenvalue weighted by atomic mass is 32.2. The van der Waals surface area contributed by atoms with Crippen LogP contribution in [-0.4, -0.2) is 21.3 Å². The van der Waals surface area contributed by atoms with Gasteiger partial charge in [0.25, 0.3) is 0 Å². The second kappa shape index (κ2) is 6.02. The zero-order valence-corrected chi connectivity index (χ0v) is 12.9. The molecule has 1 aromatic carbocycles. The standard InChI is InChI=1S/C16H21N3S/c1-3-8-17-15-13-7-5-4-6-12(13)11-14(15)20-16-18-9-10-19(16)2/h4-7,9-10,14-15,17H,3,8,11H2,1-2H3. The summed E-state index contributed by atoms with van der Waals surface area (Å²) >= 11 is 1.89. The average molecular weight is 287 g/mol. The molecule has 1 heterocycles. The Morgan fingerprint density at radius 1 is 1.40 bits per heavy atom. The molecule has 1 N–H and O–H groups in total. The smallest absolute Gasteiger partial charge is 0.168 e. The molecule has 0 saturated carbocycles. The van der Waals surface area contributed by atoms with Crippen LogP contribution in [0.5, 0.6) is 0 Å². The van der Waals surface area contributed by atoms with Crippen molar-refractivity contribution in [1.29, 1.82) is 0 Å². The van der Waals surface area contributed by atoms with Crippen molar-refractivity contribution in [3.8, 4) is 0 Å². The van der Waals surface area contributed by atoms with Gasteiger partial charge in [-0.05, 0) is 30.5 Å². The largest absolute Gasteiger partial charge is 0.329 e. The Kier molecular flexibility index (Phi) is 4.13. The monoisotopic (exact) mass is 287 g/mol. The number of hydrogen-bond acceptors (Lipinski definition) is 3. The summed E-state index contributed by atoms with van der Waals surface area (Å²) in [6.07, 6.45) is 6.17. The van der Waals surface area contributed by atoms with Crippen LogP contribution in [0.15, 0.2) is 41.8 Å². The van der Waals surface area contributed by atoms with Crippen LogP contribution in [0.3, 0.4) is 0 Å². The predicted molar refractivity (Wildman–Crippen MR) is 84.0 cm³/mol. The van der Waals surface area contributed by atoms with E-state index >= 15 is 0 Å². The molecule has 2 unspecified atom stereocenters. The third-order valence-electron chi connectivity index (χ3n) is 3.83. The Labute approximate surface area is 124 Å². The van der Waals surface area contributed by atoms with Gasteiger partial charge in [-0.1, -0.05) is 43.0 Å². The summed E-state index contributed by atoms with van der Waals surface area (Å²) in [7, 11) is 2.06. The molecule has 0 radical (unpaired) electrons. The number of hydrogen-bond donors (Lipinski definition) is 1. The summed E-state index contributed by atoms with van der Waals surface area (Å²) < 4.78 is 2.10. The zero-order chi connectivity index (χ0) is 13.9. The molecular formula is C16H21N3S. The van der Waals surface area contributed by atoms with Gasteiger partial charge >= 0.3 is 0 Å². The second-order valence-electron chi connectivity index (χ2n) is 5.31. The molecule has 0 aliphatic heterocycles. The summed E-state index contributed by atoms with van der Waals surface area (Å²) in [5.41, 5.74) is 2.94. The summed E-state index contributed by atoms with van der Waals surface area (Å²) in [5.74, 6) is 0. The first-order valence-corrected chi connectivity index (χ1v) is 8.12. The lowest BCUT2D eigenvalue weighted by molar-refractivity contribution is 0.537. The zero-order valence-electron chi connectivity index (χ0n) is 12.0. The lowest BCUT2D eigenvalue weighted by Gasteiger charge is -2.21. The number of rotatable bonds is 5. The van der Waals surface area contributed by atoms with Crippen molar-refractivity contribution in [3.05, 3.63) is 47.8 Å². The van der Waals surface area contributed by atoms with E-state index in [0.29, 0.717) is 11.3 Å². The molecule has 1 aliphatic carbocycles. The molecule has 0 fully saturated rings. The van der Waals surface area contributed by atoms with Gasteiger partial charge in [0.15, 0.2) is 5.16 Å². The Balaban J connectivity index is 1.82. The summed E-state index contributed by atoms with van der Waals surface area (Å²) in [4.78, 5) is 4.45. The molecule has 0 saturated heterocycles. The van der Waals surface area contributed by atoms with Crippen LogP contribution in [0.1, 0.15) is 30.5 Å². The van der Waals surface area contributed by atoms with Crippen LogP contribution in [0.4, 0.5) is 0 Å². The highest BCUT2D eigenvalue weighted by molar-refractivity contribution is 7.99. The first kappa shape index (κ1) is 13.7. The molecule has 2 atom stereocenters. The van der Waals surface area contributed by atoms with Gasteiger partial charge in [-0.2, -0.15) is 0 Å². The maximum atomic E-state index is 4.45. The molecule has 1 aliphatic rings. The second-order valence-corrected chi connectivity index (χ2v) is 6.52. The number of benzene rings is 1. The van der Waals surface area contributed by atoms with Gasteiger partial charge < -0.3 is 9.88 Å². The van der Waals surface area contributed by atoms with Crippen LogP contribution < -0.4 is 5.32 Å². The van der Waals surface area contributed by atoms with Crippen molar-refractivity contribution >= 4 is 11.8 Å². The molecular weight excluding hydrogens is 266 g/mol. The number of thioether (sulfide) groups is 1. The Hall–Kier alpha value is -1.26. The Bertz CT molecular complexity index is 579. The lowest BCUT2D eigenvalue weighted by atomic mass is 10.1. The van der Waals surface area contributed by atoms with Gasteiger partial charge in [-0.3, -0.25) is 0 Å². The maximum Gasteiger partial charge on any atom is 0.168 e. The van der Waals surface area contributed by atoms with Gasteiger partial charge in [0.2, 0.25) is 0 Å². The predicted octanol–water partition coefficient (Wildman–Crippen LogP) is 3.18. The minimum Gasteiger partial charge on any atom is -0.329 e. The number of nitrogens with zero attached hydrogens (tertiary/aromatic N) is 2. The highest BCUT2D eigenvalue weighted by Crippen LogP contribution is 2.40. The summed E-state index contributed by atoms with van der Waals surface area (Å²) in [6, 6.07) is 9.25. The molecule has 106 valence electrons. The highest BCUT2D eigenvalue weighted by Gasteiger charge is 2.33. The third kappa shape index (κ3) is 2.63. The number of aryl methyl sites for hydroxylation is 1. The van der Waals surface area contributed by atoms with Gasteiger partial charge in [0.1, 0.15) is 0 Å². The minimum absolute atomic E-state index is 0.438. The van der Waals surface area contributed by atoms with Crippen LogP contribution in [0.25, 0.3) is 0 Å². The number of nitrogens with one attached hydrogen (secondary N) is 1. The molecule has 3 nitrogen and oxygen atoms in total. The van der Waals surface area contributed by atoms with E-state index in [2.05, 4.69) is 53.1 Å². The first-order chi connectivity index (χ1) is 9.79. The summed E-state index contributed by atoms with van der Waals surface area (Å²) in [6.45, 7) is 3.28. The summed E-state index contributed by atoms with van der Waals surface area (Å²) in [5, 5.41) is 5.34. The van der Waals surface area contributed by atoms with Gasteiger partial charge in [-0.25, -0.2) is 4.98 Å². The van der Waals surface area contributed by atoms with E-state index in [-0.39, 0.29) is 0 Å². The number of imidazole rings is 1. The van der Waals surface area contributed by atoms with Gasteiger partial charge in [0.05, 0.1) is 0 Å². The van der Waals surface area contributed by atoms with Crippen LogP contribution in [0, 0.1) is 0 Å². The molecule has 3 rings (SSSR count). The van der Waals surface area contributed by atoms with Crippen LogP contribution in [0.2, 0.25) is 0 Å². The van der Waals surface area contributed by atoms with Crippen LogP contribution >= 0.6 is 11.8 Å². The fourth-order valence-corrected chi connectivity index (χ4v) is 4.07. The van der Waals surface area contributed by atoms with E-state index in [4.69, 9.17) is 0 Å². The third-order valence-corrected chi connectivity index (χ3v) is 5.18. The molecule has 20 heavy (non-hydrogen) atoms.